The molecular weight excluding hydrogens is 260 g/mol. The van der Waals surface area contributed by atoms with Crippen molar-refractivity contribution in [3.05, 3.63) is 0 Å². The number of carbonyl (C=O) groups is 1. The van der Waals surface area contributed by atoms with Crippen LogP contribution in [-0.2, 0) is 4.79 Å². The van der Waals surface area contributed by atoms with Gasteiger partial charge in [0.2, 0.25) is 0 Å². The van der Waals surface area contributed by atoms with Crippen molar-refractivity contribution < 1.29 is 20.1 Å². The number of aliphatic hydroxyl groups is 3. The lowest BCUT2D eigenvalue weighted by atomic mass is 10.1. The van der Waals surface area contributed by atoms with Crippen molar-refractivity contribution in [3.63, 3.8) is 0 Å². The summed E-state index contributed by atoms with van der Waals surface area (Å²) in [6.45, 7) is 0. The van der Waals surface area contributed by atoms with Gasteiger partial charge in [0, 0.05) is 16.8 Å². The molecule has 0 rings (SSSR count). The Kier molecular flexibility index (Phi) is 7.98. The molecule has 4 nitrogen and oxygen atoms in total. The van der Waals surface area contributed by atoms with E-state index in [1.54, 1.807) is 0 Å². The second-order valence-corrected chi connectivity index (χ2v) is 4.39. The smallest absolute Gasteiger partial charge is 0.151 e. The van der Waals surface area contributed by atoms with E-state index in [-0.39, 0.29) is 6.29 Å². The summed E-state index contributed by atoms with van der Waals surface area (Å²) >= 11 is 4.64. The van der Waals surface area contributed by atoms with Gasteiger partial charge in [-0.1, -0.05) is 15.9 Å². The van der Waals surface area contributed by atoms with Crippen molar-refractivity contribution >= 4 is 34.0 Å². The van der Waals surface area contributed by atoms with Gasteiger partial charge in [0.1, 0.15) is 12.2 Å². The summed E-state index contributed by atoms with van der Waals surface area (Å²) in [5.41, 5.74) is 0. The van der Waals surface area contributed by atoms with Crippen LogP contribution >= 0.6 is 27.7 Å². The zero-order valence-corrected chi connectivity index (χ0v) is 9.37. The molecule has 0 fully saturated rings. The van der Waals surface area contributed by atoms with Gasteiger partial charge in [0.15, 0.2) is 6.29 Å². The third kappa shape index (κ3) is 5.64. The number of hydrogen-bond donors (Lipinski definition) is 3. The molecule has 0 saturated heterocycles. The second kappa shape index (κ2) is 7.75. The minimum atomic E-state index is -1.50. The normalized spacial score (nSPS) is 17.8. The van der Waals surface area contributed by atoms with Crippen molar-refractivity contribution in [2.24, 2.45) is 0 Å². The molecule has 0 heterocycles. The fourth-order valence-corrected chi connectivity index (χ4v) is 2.07. The molecule has 0 radical (unpaired) electrons. The molecule has 0 amide bonds. The molecule has 0 aromatic carbocycles. The Morgan fingerprint density at radius 3 is 2.46 bits per heavy atom. The molecule has 0 aliphatic rings. The Balaban J connectivity index is 3.68. The average molecular weight is 273 g/mol. The first-order chi connectivity index (χ1) is 6.13. The molecule has 0 aliphatic carbocycles. The molecule has 3 atom stereocenters. The van der Waals surface area contributed by atoms with E-state index < -0.39 is 18.3 Å². The van der Waals surface area contributed by atoms with Crippen molar-refractivity contribution in [1.82, 2.24) is 0 Å². The zero-order chi connectivity index (χ0) is 10.3. The fraction of sp³-hybridized carbons (Fsp3) is 0.857. The minimum absolute atomic E-state index is 0.211. The summed E-state index contributed by atoms with van der Waals surface area (Å²) in [4.78, 5) is 10.0. The van der Waals surface area contributed by atoms with E-state index in [0.29, 0.717) is 5.75 Å². The third-order valence-electron chi connectivity index (χ3n) is 1.39. The molecular formula is C7H13BrO4S. The highest BCUT2D eigenvalue weighted by atomic mass is 79.9. The van der Waals surface area contributed by atoms with Gasteiger partial charge in [0.25, 0.3) is 0 Å². The number of rotatable bonds is 7. The number of alkyl halides is 1. The first-order valence-electron chi connectivity index (χ1n) is 3.76. The van der Waals surface area contributed by atoms with Crippen LogP contribution < -0.4 is 0 Å². The predicted octanol–water partition coefficient (Wildman–Crippen LogP) is -0.604. The van der Waals surface area contributed by atoms with Gasteiger partial charge in [0.05, 0.1) is 6.10 Å². The Morgan fingerprint density at radius 1 is 1.38 bits per heavy atom. The summed E-state index contributed by atoms with van der Waals surface area (Å²) < 4.78 is 0. The minimum Gasteiger partial charge on any atom is -0.389 e. The standard InChI is InChI=1S/C7H13BrO4S/c8-1-2-13-4-6(11)7(12)5(10)3-9/h3,5-7,10-12H,1-2,4H2/t5-,6+,7-/m0/s1. The predicted molar refractivity (Wildman–Crippen MR) is 55.2 cm³/mol. The largest absolute Gasteiger partial charge is 0.389 e. The van der Waals surface area contributed by atoms with Crippen LogP contribution in [0.1, 0.15) is 0 Å². The van der Waals surface area contributed by atoms with Crippen LogP contribution in [0.5, 0.6) is 0 Å². The van der Waals surface area contributed by atoms with Crippen LogP contribution in [0.15, 0.2) is 0 Å². The monoisotopic (exact) mass is 272 g/mol. The Morgan fingerprint density at radius 2 is 2.00 bits per heavy atom. The van der Waals surface area contributed by atoms with Crippen molar-refractivity contribution in [3.8, 4) is 0 Å². The number of carbonyl (C=O) groups excluding carboxylic acids is 1. The number of aldehydes is 1. The maximum atomic E-state index is 10.0. The SMILES string of the molecule is O=C[C@H](O)[C@H](O)[C@H](O)CSCCBr. The summed E-state index contributed by atoms with van der Waals surface area (Å²) in [6.07, 6.45) is -3.74. The number of thioether (sulfide) groups is 1. The molecule has 3 N–H and O–H groups in total. The maximum absolute atomic E-state index is 10.0. The van der Waals surface area contributed by atoms with Crippen LogP contribution in [0.4, 0.5) is 0 Å². The number of aliphatic hydroxyl groups excluding tert-OH is 3. The molecule has 0 aliphatic heterocycles. The Hall–Kier alpha value is 0.380. The van der Waals surface area contributed by atoms with Gasteiger partial charge in [-0.05, 0) is 0 Å². The van der Waals surface area contributed by atoms with Crippen LogP contribution in [0.3, 0.4) is 0 Å². The van der Waals surface area contributed by atoms with E-state index in [4.69, 9.17) is 10.2 Å². The summed E-state index contributed by atoms with van der Waals surface area (Å²) in [5.74, 6) is 1.11. The molecule has 0 unspecified atom stereocenters. The molecule has 78 valence electrons. The Labute approximate surface area is 89.5 Å². The highest BCUT2D eigenvalue weighted by molar-refractivity contribution is 9.09. The van der Waals surface area contributed by atoms with E-state index in [1.165, 1.54) is 11.8 Å². The molecule has 13 heavy (non-hydrogen) atoms. The van der Waals surface area contributed by atoms with E-state index in [9.17, 15) is 9.90 Å². The van der Waals surface area contributed by atoms with Crippen LogP contribution in [0.2, 0.25) is 0 Å². The lowest BCUT2D eigenvalue weighted by Gasteiger charge is -2.18. The fourth-order valence-electron chi connectivity index (χ4n) is 0.665. The molecule has 0 spiro atoms. The summed E-state index contributed by atoms with van der Waals surface area (Å²) in [5, 5.41) is 28.0. The molecule has 0 aromatic heterocycles. The highest BCUT2D eigenvalue weighted by Crippen LogP contribution is 2.08. The number of halogens is 1. The summed E-state index contributed by atoms with van der Waals surface area (Å²) in [6, 6.07) is 0. The first kappa shape index (κ1) is 13.4. The van der Waals surface area contributed by atoms with Gasteiger partial charge in [-0.2, -0.15) is 11.8 Å². The van der Waals surface area contributed by atoms with E-state index >= 15 is 0 Å². The third-order valence-corrected chi connectivity index (χ3v) is 3.39. The molecule has 0 saturated carbocycles. The Bertz CT molecular complexity index is 146. The van der Waals surface area contributed by atoms with Gasteiger partial charge in [-0.3, -0.25) is 0 Å². The molecule has 6 heteroatoms. The molecule has 0 bridgehead atoms. The quantitative estimate of drug-likeness (QED) is 0.328. The lowest BCUT2D eigenvalue weighted by molar-refractivity contribution is -0.124. The maximum Gasteiger partial charge on any atom is 0.151 e. The zero-order valence-electron chi connectivity index (χ0n) is 6.97. The van der Waals surface area contributed by atoms with E-state index in [2.05, 4.69) is 15.9 Å². The van der Waals surface area contributed by atoms with Gasteiger partial charge >= 0.3 is 0 Å². The second-order valence-electron chi connectivity index (χ2n) is 2.45. The van der Waals surface area contributed by atoms with Crippen molar-refractivity contribution in [2.45, 2.75) is 18.3 Å². The van der Waals surface area contributed by atoms with Crippen LogP contribution in [0, 0.1) is 0 Å². The summed E-state index contributed by atoms with van der Waals surface area (Å²) in [7, 11) is 0. The van der Waals surface area contributed by atoms with Crippen molar-refractivity contribution in [1.29, 1.82) is 0 Å². The molecule has 0 aromatic rings. The van der Waals surface area contributed by atoms with E-state index in [0.717, 1.165) is 11.1 Å². The van der Waals surface area contributed by atoms with Gasteiger partial charge in [-0.15, -0.1) is 0 Å². The van der Waals surface area contributed by atoms with Crippen LogP contribution in [-0.4, -0.2) is 56.8 Å². The van der Waals surface area contributed by atoms with Gasteiger partial charge < -0.3 is 20.1 Å². The topological polar surface area (TPSA) is 77.8 Å². The number of hydrogen-bond acceptors (Lipinski definition) is 5. The first-order valence-corrected chi connectivity index (χ1v) is 6.04. The van der Waals surface area contributed by atoms with Crippen LogP contribution in [0.25, 0.3) is 0 Å². The van der Waals surface area contributed by atoms with Gasteiger partial charge in [-0.25, -0.2) is 0 Å². The highest BCUT2D eigenvalue weighted by Gasteiger charge is 2.23. The average Bonchev–Trinajstić information content (AvgIpc) is 2.15. The lowest BCUT2D eigenvalue weighted by Crippen LogP contribution is -2.39. The van der Waals surface area contributed by atoms with E-state index in [1.807, 2.05) is 0 Å². The van der Waals surface area contributed by atoms with Crippen molar-refractivity contribution in [2.75, 3.05) is 16.8 Å².